The van der Waals surface area contributed by atoms with Gasteiger partial charge in [-0.25, -0.2) is 17.6 Å². The van der Waals surface area contributed by atoms with Crippen molar-refractivity contribution in [3.8, 4) is 11.5 Å². The Bertz CT molecular complexity index is 1130. The summed E-state index contributed by atoms with van der Waals surface area (Å²) in [5, 5.41) is 7.71. The average Bonchev–Trinajstić information content (AvgIpc) is 3.22. The van der Waals surface area contributed by atoms with Crippen molar-refractivity contribution in [1.82, 2.24) is 14.5 Å². The number of aromatic nitrogens is 2. The lowest BCUT2D eigenvalue weighted by Crippen LogP contribution is -2.31. The van der Waals surface area contributed by atoms with Gasteiger partial charge >= 0.3 is 5.97 Å². The molecule has 30 heavy (non-hydrogen) atoms. The molecule has 0 atom stereocenters. The second kappa shape index (κ2) is 9.14. The van der Waals surface area contributed by atoms with Crippen molar-refractivity contribution in [1.29, 1.82) is 0 Å². The van der Waals surface area contributed by atoms with Crippen molar-refractivity contribution in [2.24, 2.45) is 0 Å². The number of sulfonamides is 1. The van der Waals surface area contributed by atoms with Crippen LogP contribution < -0.4 is 0 Å². The third-order valence-electron chi connectivity index (χ3n) is 4.30. The molecule has 0 saturated heterocycles. The Labute approximate surface area is 173 Å². The second-order valence-electron chi connectivity index (χ2n) is 6.18. The summed E-state index contributed by atoms with van der Waals surface area (Å²) < 4.78 is 51.1. The highest BCUT2D eigenvalue weighted by molar-refractivity contribution is 7.89. The molecule has 0 bridgehead atoms. The first-order chi connectivity index (χ1) is 14.4. The molecule has 8 nitrogen and oxygen atoms in total. The molecule has 1 heterocycles. The van der Waals surface area contributed by atoms with E-state index in [1.165, 1.54) is 0 Å². The lowest BCUT2D eigenvalue weighted by molar-refractivity contribution is 0.0438. The fourth-order valence-corrected chi connectivity index (χ4v) is 4.30. The predicted octanol–water partition coefficient (Wildman–Crippen LogP) is 3.26. The highest BCUT2D eigenvalue weighted by Gasteiger charge is 2.26. The van der Waals surface area contributed by atoms with Gasteiger partial charge < -0.3 is 9.15 Å². The van der Waals surface area contributed by atoms with Crippen molar-refractivity contribution < 1.29 is 26.8 Å². The Morgan fingerprint density at radius 2 is 1.80 bits per heavy atom. The van der Waals surface area contributed by atoms with Crippen molar-refractivity contribution in [3.05, 3.63) is 65.8 Å². The van der Waals surface area contributed by atoms with Gasteiger partial charge in [-0.1, -0.05) is 32.0 Å². The first-order valence-electron chi connectivity index (χ1n) is 9.21. The summed E-state index contributed by atoms with van der Waals surface area (Å²) in [5.74, 6) is -1.44. The molecular weight excluding hydrogens is 413 g/mol. The van der Waals surface area contributed by atoms with Crippen LogP contribution in [0.1, 0.15) is 30.1 Å². The standard InChI is InChI=1S/C20H20FN3O5S/c1-3-24(4-2)30(26,27)17-12-15(10-11-16(17)21)20(25)28-13-18-22-23-19(29-18)14-8-6-5-7-9-14/h5-12H,3-4,13H2,1-2H3. The molecule has 158 valence electrons. The first-order valence-corrected chi connectivity index (χ1v) is 10.7. The summed E-state index contributed by atoms with van der Waals surface area (Å²) in [6.07, 6.45) is 0. The van der Waals surface area contributed by atoms with Crippen molar-refractivity contribution in [2.75, 3.05) is 13.1 Å². The molecule has 0 aliphatic rings. The molecule has 3 rings (SSSR count). The van der Waals surface area contributed by atoms with Crippen LogP contribution in [0.25, 0.3) is 11.5 Å². The highest BCUT2D eigenvalue weighted by Crippen LogP contribution is 2.22. The number of hydrogen-bond acceptors (Lipinski definition) is 7. The normalized spacial score (nSPS) is 11.6. The maximum absolute atomic E-state index is 14.2. The van der Waals surface area contributed by atoms with Crippen molar-refractivity contribution in [2.45, 2.75) is 25.3 Å². The van der Waals surface area contributed by atoms with E-state index in [2.05, 4.69) is 10.2 Å². The summed E-state index contributed by atoms with van der Waals surface area (Å²) in [5.41, 5.74) is 0.609. The van der Waals surface area contributed by atoms with E-state index in [1.54, 1.807) is 26.0 Å². The largest absolute Gasteiger partial charge is 0.452 e. The Morgan fingerprint density at radius 1 is 1.10 bits per heavy atom. The number of carbonyl (C=O) groups excluding carboxylic acids is 1. The zero-order valence-electron chi connectivity index (χ0n) is 16.4. The van der Waals surface area contributed by atoms with Crippen molar-refractivity contribution in [3.63, 3.8) is 0 Å². The molecule has 0 saturated carbocycles. The number of nitrogens with zero attached hydrogens (tertiary/aromatic N) is 3. The van der Waals surface area contributed by atoms with E-state index >= 15 is 0 Å². The molecule has 0 radical (unpaired) electrons. The van der Waals surface area contributed by atoms with E-state index in [4.69, 9.17) is 9.15 Å². The Kier molecular flexibility index (Phi) is 6.58. The average molecular weight is 433 g/mol. The molecule has 0 fully saturated rings. The summed E-state index contributed by atoms with van der Waals surface area (Å²) in [4.78, 5) is 11.8. The minimum absolute atomic E-state index is 0.0697. The van der Waals surface area contributed by atoms with E-state index in [-0.39, 0.29) is 37.0 Å². The number of carbonyl (C=O) groups is 1. The SMILES string of the molecule is CCN(CC)S(=O)(=O)c1cc(C(=O)OCc2nnc(-c3ccccc3)o2)ccc1F. The van der Waals surface area contributed by atoms with E-state index in [9.17, 15) is 17.6 Å². The van der Waals surface area contributed by atoms with E-state index in [0.717, 1.165) is 22.5 Å². The number of rotatable bonds is 8. The summed E-state index contributed by atoms with van der Waals surface area (Å²) in [7, 11) is -4.07. The van der Waals surface area contributed by atoms with Crippen molar-refractivity contribution >= 4 is 16.0 Å². The van der Waals surface area contributed by atoms with Crippen LogP contribution in [0.15, 0.2) is 57.8 Å². The van der Waals surface area contributed by atoms with Gasteiger partial charge in [-0.05, 0) is 30.3 Å². The molecule has 0 amide bonds. The molecule has 0 unspecified atom stereocenters. The Morgan fingerprint density at radius 3 is 2.47 bits per heavy atom. The van der Waals surface area contributed by atoms with Crippen LogP contribution in [0, 0.1) is 5.82 Å². The summed E-state index contributed by atoms with van der Waals surface area (Å²) in [6.45, 7) is 3.33. The van der Waals surface area contributed by atoms with Gasteiger partial charge in [0.15, 0.2) is 6.61 Å². The van der Waals surface area contributed by atoms with E-state index < -0.39 is 26.7 Å². The van der Waals surface area contributed by atoms with Gasteiger partial charge in [0.2, 0.25) is 15.9 Å². The first kappa shape index (κ1) is 21.6. The smallest absolute Gasteiger partial charge is 0.338 e. The number of halogens is 1. The van der Waals surface area contributed by atoms with Gasteiger partial charge in [-0.3, -0.25) is 0 Å². The summed E-state index contributed by atoms with van der Waals surface area (Å²) >= 11 is 0. The number of benzene rings is 2. The maximum atomic E-state index is 14.2. The molecule has 3 aromatic rings. The number of ether oxygens (including phenoxy) is 1. The van der Waals surface area contributed by atoms with Gasteiger partial charge in [0.05, 0.1) is 5.56 Å². The lowest BCUT2D eigenvalue weighted by atomic mass is 10.2. The fraction of sp³-hybridized carbons (Fsp3) is 0.250. The van der Waals surface area contributed by atoms with Crippen LogP contribution in [-0.4, -0.2) is 42.0 Å². The second-order valence-corrected chi connectivity index (χ2v) is 8.08. The van der Waals surface area contributed by atoms with Gasteiger partial charge in [0, 0.05) is 18.7 Å². The van der Waals surface area contributed by atoms with E-state index in [1.807, 2.05) is 18.2 Å². The molecular formula is C20H20FN3O5S. The zero-order chi connectivity index (χ0) is 21.7. The Balaban J connectivity index is 1.74. The molecule has 2 aromatic carbocycles. The third kappa shape index (κ3) is 4.55. The number of esters is 1. The van der Waals surface area contributed by atoms with Crippen LogP contribution in [0.5, 0.6) is 0 Å². The molecule has 0 spiro atoms. The third-order valence-corrected chi connectivity index (χ3v) is 6.37. The quantitative estimate of drug-likeness (QED) is 0.502. The lowest BCUT2D eigenvalue weighted by Gasteiger charge is -2.19. The number of hydrogen-bond donors (Lipinski definition) is 0. The van der Waals surface area contributed by atoms with Gasteiger partial charge in [-0.2, -0.15) is 4.31 Å². The molecule has 0 N–H and O–H groups in total. The fourth-order valence-electron chi connectivity index (χ4n) is 2.75. The highest BCUT2D eigenvalue weighted by atomic mass is 32.2. The maximum Gasteiger partial charge on any atom is 0.338 e. The molecule has 0 aliphatic carbocycles. The zero-order valence-corrected chi connectivity index (χ0v) is 17.2. The van der Waals surface area contributed by atoms with Gasteiger partial charge in [0.25, 0.3) is 5.89 Å². The van der Waals surface area contributed by atoms with Gasteiger partial charge in [0.1, 0.15) is 10.7 Å². The molecule has 10 heteroatoms. The topological polar surface area (TPSA) is 103 Å². The van der Waals surface area contributed by atoms with Crippen LogP contribution >= 0.6 is 0 Å². The molecule has 1 aromatic heterocycles. The van der Waals surface area contributed by atoms with E-state index in [0.29, 0.717) is 5.56 Å². The van der Waals surface area contributed by atoms with Crippen LogP contribution in [0.3, 0.4) is 0 Å². The minimum atomic E-state index is -4.07. The summed E-state index contributed by atoms with van der Waals surface area (Å²) in [6, 6.07) is 12.1. The predicted molar refractivity (Wildman–Crippen MR) is 105 cm³/mol. The molecule has 0 aliphatic heterocycles. The van der Waals surface area contributed by atoms with Gasteiger partial charge in [-0.15, -0.1) is 10.2 Å². The minimum Gasteiger partial charge on any atom is -0.452 e. The monoisotopic (exact) mass is 433 g/mol. The van der Waals surface area contributed by atoms with Crippen LogP contribution in [-0.2, 0) is 21.4 Å². The van der Waals surface area contributed by atoms with Crippen LogP contribution in [0.2, 0.25) is 0 Å². The Hall–Kier alpha value is -3.11. The van der Waals surface area contributed by atoms with Crippen LogP contribution in [0.4, 0.5) is 4.39 Å².